The number of nitrogens with zero attached hydrogens (tertiary/aromatic N) is 2. The number of furan rings is 1. The predicted octanol–water partition coefficient (Wildman–Crippen LogP) is 2.16. The van der Waals surface area contributed by atoms with E-state index < -0.39 is 6.10 Å². The van der Waals surface area contributed by atoms with Crippen LogP contribution in [0.4, 0.5) is 0 Å². The highest BCUT2D eigenvalue weighted by Gasteiger charge is 2.14. The van der Waals surface area contributed by atoms with Crippen LogP contribution in [0.3, 0.4) is 0 Å². The molecule has 4 heteroatoms. The number of rotatable bonds is 5. The quantitative estimate of drug-likeness (QED) is 0.840. The van der Waals surface area contributed by atoms with Crippen LogP contribution in [0, 0.1) is 0 Å². The van der Waals surface area contributed by atoms with Crippen molar-refractivity contribution in [1.82, 2.24) is 9.78 Å². The maximum atomic E-state index is 10.1. The summed E-state index contributed by atoms with van der Waals surface area (Å²) in [7, 11) is 0. The van der Waals surface area contributed by atoms with Gasteiger partial charge in [-0.2, -0.15) is 5.10 Å². The van der Waals surface area contributed by atoms with Crippen LogP contribution in [0.25, 0.3) is 0 Å². The van der Waals surface area contributed by atoms with Crippen LogP contribution >= 0.6 is 0 Å². The van der Waals surface area contributed by atoms with Gasteiger partial charge in [0.05, 0.1) is 12.0 Å². The van der Waals surface area contributed by atoms with E-state index in [1.807, 2.05) is 22.9 Å². The Balaban J connectivity index is 2.08. The Hall–Kier alpha value is -1.55. The smallest absolute Gasteiger partial charge is 0.106 e. The summed E-state index contributed by atoms with van der Waals surface area (Å²) in [6.45, 7) is 2.92. The van der Waals surface area contributed by atoms with Crippen LogP contribution in [-0.2, 0) is 13.0 Å². The average molecular weight is 220 g/mol. The zero-order valence-corrected chi connectivity index (χ0v) is 9.34. The molecule has 0 aliphatic rings. The van der Waals surface area contributed by atoms with E-state index >= 15 is 0 Å². The van der Waals surface area contributed by atoms with E-state index in [1.165, 1.54) is 0 Å². The topological polar surface area (TPSA) is 51.2 Å². The van der Waals surface area contributed by atoms with E-state index in [0.29, 0.717) is 6.42 Å². The first-order chi connectivity index (χ1) is 7.81. The predicted molar refractivity (Wildman–Crippen MR) is 59.9 cm³/mol. The first kappa shape index (κ1) is 11.0. The second-order valence-corrected chi connectivity index (χ2v) is 3.78. The molecule has 2 heterocycles. The second-order valence-electron chi connectivity index (χ2n) is 3.78. The zero-order valence-electron chi connectivity index (χ0n) is 9.34. The minimum absolute atomic E-state index is 0.488. The highest BCUT2D eigenvalue weighted by atomic mass is 16.3. The Morgan fingerprint density at radius 2 is 2.38 bits per heavy atom. The van der Waals surface area contributed by atoms with Crippen molar-refractivity contribution >= 4 is 0 Å². The summed E-state index contributed by atoms with van der Waals surface area (Å²) in [5, 5.41) is 14.3. The maximum Gasteiger partial charge on any atom is 0.106 e. The third-order valence-corrected chi connectivity index (χ3v) is 2.50. The molecule has 2 rings (SSSR count). The Labute approximate surface area is 94.5 Å². The van der Waals surface area contributed by atoms with Gasteiger partial charge in [0.25, 0.3) is 0 Å². The van der Waals surface area contributed by atoms with Gasteiger partial charge in [0.2, 0.25) is 0 Å². The second kappa shape index (κ2) is 4.99. The van der Waals surface area contributed by atoms with Crippen molar-refractivity contribution < 1.29 is 9.52 Å². The van der Waals surface area contributed by atoms with Crippen molar-refractivity contribution in [1.29, 1.82) is 0 Å². The molecular formula is C12H16N2O2. The summed E-state index contributed by atoms with van der Waals surface area (Å²) in [6.07, 6.45) is 4.27. The molecule has 0 amide bonds. The fourth-order valence-electron chi connectivity index (χ4n) is 1.75. The lowest BCUT2D eigenvalue weighted by Crippen LogP contribution is -2.10. The normalized spacial score (nSPS) is 12.9. The largest absolute Gasteiger partial charge is 0.469 e. The lowest BCUT2D eigenvalue weighted by atomic mass is 10.1. The molecule has 86 valence electrons. The van der Waals surface area contributed by atoms with Gasteiger partial charge in [0, 0.05) is 19.2 Å². The highest BCUT2D eigenvalue weighted by molar-refractivity contribution is 5.09. The fourth-order valence-corrected chi connectivity index (χ4v) is 1.75. The molecule has 0 aliphatic carbocycles. The molecule has 2 aromatic heterocycles. The van der Waals surface area contributed by atoms with Crippen molar-refractivity contribution in [2.75, 3.05) is 0 Å². The molecule has 1 atom stereocenters. The number of hydrogen-bond acceptors (Lipinski definition) is 3. The lowest BCUT2D eigenvalue weighted by molar-refractivity contribution is 0.159. The molecule has 0 fully saturated rings. The summed E-state index contributed by atoms with van der Waals surface area (Å²) < 4.78 is 7.05. The van der Waals surface area contributed by atoms with Gasteiger partial charge in [-0.05, 0) is 24.6 Å². The number of aliphatic hydroxyl groups is 1. The van der Waals surface area contributed by atoms with E-state index in [9.17, 15) is 5.11 Å². The Morgan fingerprint density at radius 3 is 3.06 bits per heavy atom. The van der Waals surface area contributed by atoms with Crippen LogP contribution in [0.1, 0.15) is 30.9 Å². The first-order valence-corrected chi connectivity index (χ1v) is 5.53. The Kier molecular flexibility index (Phi) is 3.41. The van der Waals surface area contributed by atoms with E-state index in [-0.39, 0.29) is 0 Å². The number of hydrogen-bond donors (Lipinski definition) is 1. The molecule has 4 nitrogen and oxygen atoms in total. The third kappa shape index (κ3) is 2.33. The van der Waals surface area contributed by atoms with Gasteiger partial charge >= 0.3 is 0 Å². The molecule has 0 aromatic carbocycles. The first-order valence-electron chi connectivity index (χ1n) is 5.53. The van der Waals surface area contributed by atoms with Crippen LogP contribution in [0.5, 0.6) is 0 Å². The highest BCUT2D eigenvalue weighted by Crippen LogP contribution is 2.18. The molecular weight excluding hydrogens is 204 g/mol. The average Bonchev–Trinajstić information content (AvgIpc) is 2.89. The van der Waals surface area contributed by atoms with Crippen LogP contribution in [-0.4, -0.2) is 14.9 Å². The van der Waals surface area contributed by atoms with Gasteiger partial charge in [-0.25, -0.2) is 0 Å². The van der Waals surface area contributed by atoms with E-state index in [4.69, 9.17) is 4.42 Å². The molecule has 16 heavy (non-hydrogen) atoms. The Morgan fingerprint density at radius 1 is 1.50 bits per heavy atom. The molecule has 0 saturated carbocycles. The van der Waals surface area contributed by atoms with Crippen molar-refractivity contribution in [2.24, 2.45) is 0 Å². The summed E-state index contributed by atoms with van der Waals surface area (Å²) in [5.41, 5.74) is 0.846. The van der Waals surface area contributed by atoms with Gasteiger partial charge in [0.1, 0.15) is 11.9 Å². The van der Waals surface area contributed by atoms with Crippen LogP contribution < -0.4 is 0 Å². The molecule has 0 spiro atoms. The summed E-state index contributed by atoms with van der Waals surface area (Å²) in [4.78, 5) is 0. The van der Waals surface area contributed by atoms with Gasteiger partial charge in [0.15, 0.2) is 0 Å². The van der Waals surface area contributed by atoms with Gasteiger partial charge < -0.3 is 9.52 Å². The van der Waals surface area contributed by atoms with Crippen molar-refractivity contribution in [3.8, 4) is 0 Å². The molecule has 1 N–H and O–H groups in total. The van der Waals surface area contributed by atoms with E-state index in [0.717, 1.165) is 24.4 Å². The van der Waals surface area contributed by atoms with Gasteiger partial charge in [-0.15, -0.1) is 0 Å². The monoisotopic (exact) mass is 220 g/mol. The van der Waals surface area contributed by atoms with Crippen molar-refractivity contribution in [3.63, 3.8) is 0 Å². The zero-order chi connectivity index (χ0) is 11.4. The SMILES string of the molecule is CCCn1nccc1C(O)Cc1ccco1. The van der Waals surface area contributed by atoms with Crippen LogP contribution in [0.2, 0.25) is 0 Å². The molecule has 0 radical (unpaired) electrons. The standard InChI is InChI=1S/C12H16N2O2/c1-2-7-14-11(5-6-13-14)12(15)9-10-4-3-8-16-10/h3-6,8,12,15H,2,7,9H2,1H3. The summed E-state index contributed by atoms with van der Waals surface area (Å²) in [6, 6.07) is 5.54. The minimum Gasteiger partial charge on any atom is -0.469 e. The minimum atomic E-state index is -0.555. The van der Waals surface area contributed by atoms with E-state index in [2.05, 4.69) is 12.0 Å². The molecule has 0 bridgehead atoms. The third-order valence-electron chi connectivity index (χ3n) is 2.50. The Bertz CT molecular complexity index is 420. The van der Waals surface area contributed by atoms with E-state index in [1.54, 1.807) is 12.5 Å². The van der Waals surface area contributed by atoms with Crippen LogP contribution in [0.15, 0.2) is 35.1 Å². The van der Waals surface area contributed by atoms with Gasteiger partial charge in [-0.3, -0.25) is 4.68 Å². The summed E-state index contributed by atoms with van der Waals surface area (Å²) in [5.74, 6) is 0.789. The fraction of sp³-hybridized carbons (Fsp3) is 0.417. The van der Waals surface area contributed by atoms with Crippen molar-refractivity contribution in [2.45, 2.75) is 32.4 Å². The van der Waals surface area contributed by atoms with Gasteiger partial charge in [-0.1, -0.05) is 6.92 Å². The van der Waals surface area contributed by atoms with Crippen molar-refractivity contribution in [3.05, 3.63) is 42.1 Å². The molecule has 1 unspecified atom stereocenters. The molecule has 0 saturated heterocycles. The molecule has 2 aromatic rings. The summed E-state index contributed by atoms with van der Waals surface area (Å²) >= 11 is 0. The number of aryl methyl sites for hydroxylation is 1. The lowest BCUT2D eigenvalue weighted by Gasteiger charge is -2.11. The number of aliphatic hydroxyl groups excluding tert-OH is 1. The molecule has 0 aliphatic heterocycles. The maximum absolute atomic E-state index is 10.1. The number of aromatic nitrogens is 2.